The molecule has 0 radical (unpaired) electrons. The van der Waals surface area contributed by atoms with Crippen molar-refractivity contribution in [3.8, 4) is 11.4 Å². The Morgan fingerprint density at radius 1 is 1.23 bits per heavy atom. The van der Waals surface area contributed by atoms with Gasteiger partial charge in [0, 0.05) is 26.7 Å². The van der Waals surface area contributed by atoms with Crippen LogP contribution in [0.15, 0.2) is 18.3 Å². The van der Waals surface area contributed by atoms with Crippen LogP contribution in [0.5, 0.6) is 0 Å². The van der Waals surface area contributed by atoms with Crippen molar-refractivity contribution >= 4 is 11.9 Å². The molecule has 0 aromatic carbocycles. The number of anilines is 1. The molecule has 1 saturated heterocycles. The number of likely N-dealkylation sites (tertiary alicyclic amines) is 1. The van der Waals surface area contributed by atoms with E-state index in [0.29, 0.717) is 17.8 Å². The molecule has 1 N–H and O–H groups in total. The summed E-state index contributed by atoms with van der Waals surface area (Å²) in [6.07, 6.45) is 4.00. The number of aromatic nitrogens is 4. The van der Waals surface area contributed by atoms with Crippen LogP contribution in [-0.2, 0) is 11.8 Å². The minimum Gasteiger partial charge on any atom is -0.444 e. The van der Waals surface area contributed by atoms with Crippen molar-refractivity contribution in [3.05, 3.63) is 23.9 Å². The number of fused-ring (bicyclic) bond motifs is 1. The molecule has 3 heterocycles. The Hall–Kier alpha value is -2.64. The Balaban J connectivity index is 1.33. The van der Waals surface area contributed by atoms with E-state index in [1.807, 2.05) is 62.7 Å². The molecular formula is C22H32N6O2. The molecule has 2 aromatic rings. The highest BCUT2D eigenvalue weighted by Gasteiger charge is 2.44. The first-order chi connectivity index (χ1) is 14.2. The van der Waals surface area contributed by atoms with Gasteiger partial charge in [-0.3, -0.25) is 4.68 Å². The number of carbonyl (C=O) groups is 1. The second kappa shape index (κ2) is 7.89. The summed E-state index contributed by atoms with van der Waals surface area (Å²) >= 11 is 0. The van der Waals surface area contributed by atoms with Gasteiger partial charge in [0.2, 0.25) is 0 Å². The van der Waals surface area contributed by atoms with E-state index in [-0.39, 0.29) is 6.09 Å². The van der Waals surface area contributed by atoms with Crippen LogP contribution in [0.25, 0.3) is 11.4 Å². The molecule has 1 aliphatic heterocycles. The molecule has 0 bridgehead atoms. The molecule has 2 fully saturated rings. The van der Waals surface area contributed by atoms with E-state index in [2.05, 4.69) is 20.6 Å². The zero-order valence-corrected chi connectivity index (χ0v) is 18.6. The zero-order chi connectivity index (χ0) is 21.5. The van der Waals surface area contributed by atoms with Crippen LogP contribution in [0.1, 0.15) is 39.2 Å². The standard InChI is InChI=1S/C22H32N6O2/c1-14-10-24-27(5)20(14)18-8-9-19(26-25-18)23-11-15-6-7-16-12-28(13-17(15)16)21(29)30-22(2,3)4/h8-10,15-17H,6-7,11-13H2,1-5H3,(H,23,26). The van der Waals surface area contributed by atoms with Gasteiger partial charge in [-0.05, 0) is 76.0 Å². The van der Waals surface area contributed by atoms with Gasteiger partial charge in [-0.1, -0.05) is 0 Å². The Bertz CT molecular complexity index is 882. The minimum atomic E-state index is -0.450. The van der Waals surface area contributed by atoms with Gasteiger partial charge in [-0.25, -0.2) is 4.79 Å². The molecule has 0 spiro atoms. The number of rotatable bonds is 4. The lowest BCUT2D eigenvalue weighted by atomic mass is 9.92. The molecule has 1 amide bonds. The molecule has 2 aliphatic rings. The predicted molar refractivity (Wildman–Crippen MR) is 115 cm³/mol. The summed E-state index contributed by atoms with van der Waals surface area (Å²) in [4.78, 5) is 14.3. The maximum atomic E-state index is 12.4. The molecule has 3 atom stereocenters. The number of ether oxygens (including phenoxy) is 1. The van der Waals surface area contributed by atoms with Crippen LogP contribution in [0.3, 0.4) is 0 Å². The monoisotopic (exact) mass is 412 g/mol. The first-order valence-electron chi connectivity index (χ1n) is 10.8. The summed E-state index contributed by atoms with van der Waals surface area (Å²) in [5, 5.41) is 16.5. The highest BCUT2D eigenvalue weighted by atomic mass is 16.6. The fourth-order valence-corrected chi connectivity index (χ4v) is 4.81. The van der Waals surface area contributed by atoms with Crippen LogP contribution in [-0.4, -0.2) is 56.2 Å². The third-order valence-corrected chi connectivity index (χ3v) is 6.23. The molecule has 8 nitrogen and oxygen atoms in total. The van der Waals surface area contributed by atoms with Crippen LogP contribution < -0.4 is 5.32 Å². The first kappa shape index (κ1) is 20.6. The quantitative estimate of drug-likeness (QED) is 0.827. The molecule has 1 aliphatic carbocycles. The summed E-state index contributed by atoms with van der Waals surface area (Å²) in [5.41, 5.74) is 2.44. The predicted octanol–water partition coefficient (Wildman–Crippen LogP) is 3.49. The van der Waals surface area contributed by atoms with Gasteiger partial charge in [-0.15, -0.1) is 10.2 Å². The summed E-state index contributed by atoms with van der Waals surface area (Å²) in [6, 6.07) is 3.96. The molecule has 8 heteroatoms. The lowest BCUT2D eigenvalue weighted by Gasteiger charge is -2.25. The van der Waals surface area contributed by atoms with E-state index in [1.54, 1.807) is 0 Å². The average molecular weight is 413 g/mol. The van der Waals surface area contributed by atoms with Gasteiger partial charge < -0.3 is 15.0 Å². The normalized spacial score (nSPS) is 23.5. The molecule has 4 rings (SSSR count). The molecule has 162 valence electrons. The van der Waals surface area contributed by atoms with Crippen molar-refractivity contribution in [3.63, 3.8) is 0 Å². The topological polar surface area (TPSA) is 85.2 Å². The van der Waals surface area contributed by atoms with E-state index >= 15 is 0 Å². The van der Waals surface area contributed by atoms with Gasteiger partial charge in [0.25, 0.3) is 0 Å². The Morgan fingerprint density at radius 3 is 2.67 bits per heavy atom. The fraction of sp³-hybridized carbons (Fsp3) is 0.636. The third kappa shape index (κ3) is 4.27. The average Bonchev–Trinajstić information content (AvgIpc) is 3.34. The van der Waals surface area contributed by atoms with Gasteiger partial charge in [-0.2, -0.15) is 5.10 Å². The number of carbonyl (C=O) groups excluding carboxylic acids is 1. The molecule has 2 aromatic heterocycles. The van der Waals surface area contributed by atoms with Crippen molar-refractivity contribution in [2.45, 2.75) is 46.1 Å². The van der Waals surface area contributed by atoms with Crippen molar-refractivity contribution in [1.29, 1.82) is 0 Å². The molecule has 1 saturated carbocycles. The smallest absolute Gasteiger partial charge is 0.410 e. The molecule has 30 heavy (non-hydrogen) atoms. The number of amides is 1. The lowest BCUT2D eigenvalue weighted by Crippen LogP contribution is -2.36. The van der Waals surface area contributed by atoms with Gasteiger partial charge >= 0.3 is 6.09 Å². The van der Waals surface area contributed by atoms with Crippen molar-refractivity contribution in [2.24, 2.45) is 24.8 Å². The first-order valence-corrected chi connectivity index (χ1v) is 10.8. The summed E-state index contributed by atoms with van der Waals surface area (Å²) in [6.45, 7) is 10.2. The third-order valence-electron chi connectivity index (χ3n) is 6.23. The van der Waals surface area contributed by atoms with Crippen LogP contribution in [0.4, 0.5) is 10.6 Å². The van der Waals surface area contributed by atoms with E-state index in [9.17, 15) is 4.79 Å². The molecule has 3 unspecified atom stereocenters. The number of hydrogen-bond donors (Lipinski definition) is 1. The Kier molecular flexibility index (Phi) is 5.42. The summed E-state index contributed by atoms with van der Waals surface area (Å²) < 4.78 is 7.38. The van der Waals surface area contributed by atoms with Gasteiger partial charge in [0.1, 0.15) is 17.1 Å². The van der Waals surface area contributed by atoms with E-state index in [1.165, 1.54) is 12.8 Å². The van der Waals surface area contributed by atoms with E-state index in [0.717, 1.165) is 42.4 Å². The van der Waals surface area contributed by atoms with E-state index < -0.39 is 5.60 Å². The Morgan fingerprint density at radius 2 is 2.03 bits per heavy atom. The SMILES string of the molecule is Cc1cnn(C)c1-c1ccc(NCC2CCC3CN(C(=O)OC(C)(C)C)CC23)nn1. The number of aryl methyl sites for hydroxylation is 2. The van der Waals surface area contributed by atoms with Gasteiger partial charge in [0.05, 0.1) is 11.9 Å². The van der Waals surface area contributed by atoms with Crippen LogP contribution >= 0.6 is 0 Å². The largest absolute Gasteiger partial charge is 0.444 e. The summed E-state index contributed by atoms with van der Waals surface area (Å²) in [5.74, 6) is 2.41. The zero-order valence-electron chi connectivity index (χ0n) is 18.6. The Labute approximate surface area is 178 Å². The minimum absolute atomic E-state index is 0.185. The van der Waals surface area contributed by atoms with Crippen LogP contribution in [0.2, 0.25) is 0 Å². The number of hydrogen-bond acceptors (Lipinski definition) is 6. The van der Waals surface area contributed by atoms with Crippen molar-refractivity contribution in [1.82, 2.24) is 24.9 Å². The lowest BCUT2D eigenvalue weighted by molar-refractivity contribution is 0.0277. The molecular weight excluding hydrogens is 380 g/mol. The second-order valence-corrected chi connectivity index (χ2v) is 9.63. The van der Waals surface area contributed by atoms with Crippen molar-refractivity contribution in [2.75, 3.05) is 25.0 Å². The van der Waals surface area contributed by atoms with E-state index in [4.69, 9.17) is 4.74 Å². The maximum Gasteiger partial charge on any atom is 0.410 e. The van der Waals surface area contributed by atoms with Crippen LogP contribution in [0, 0.1) is 24.7 Å². The fourth-order valence-electron chi connectivity index (χ4n) is 4.81. The maximum absolute atomic E-state index is 12.4. The number of nitrogens with one attached hydrogen (secondary N) is 1. The van der Waals surface area contributed by atoms with Gasteiger partial charge in [0.15, 0.2) is 0 Å². The second-order valence-electron chi connectivity index (χ2n) is 9.63. The number of nitrogens with zero attached hydrogens (tertiary/aromatic N) is 5. The van der Waals surface area contributed by atoms with Crippen molar-refractivity contribution < 1.29 is 9.53 Å². The highest BCUT2D eigenvalue weighted by Crippen LogP contribution is 2.42. The summed E-state index contributed by atoms with van der Waals surface area (Å²) in [7, 11) is 1.91. The highest BCUT2D eigenvalue weighted by molar-refractivity contribution is 5.68.